The number of imidazole rings is 1. The van der Waals surface area contributed by atoms with E-state index in [-0.39, 0.29) is 5.82 Å². The van der Waals surface area contributed by atoms with E-state index >= 15 is 0 Å². The molecular formula is C18H18FN3O. The lowest BCUT2D eigenvalue weighted by molar-refractivity contribution is 0.158. The Balaban J connectivity index is 1.84. The van der Waals surface area contributed by atoms with Gasteiger partial charge in [-0.25, -0.2) is 9.37 Å². The molecule has 23 heavy (non-hydrogen) atoms. The molecular weight excluding hydrogens is 293 g/mol. The highest BCUT2D eigenvalue weighted by Gasteiger charge is 2.18. The first-order valence-electron chi connectivity index (χ1n) is 7.72. The van der Waals surface area contributed by atoms with Gasteiger partial charge in [0, 0.05) is 29.4 Å². The van der Waals surface area contributed by atoms with Gasteiger partial charge in [-0.15, -0.1) is 0 Å². The average molecular weight is 311 g/mol. The van der Waals surface area contributed by atoms with Crippen LogP contribution in [-0.2, 0) is 11.4 Å². The zero-order valence-electron chi connectivity index (χ0n) is 13.0. The smallest absolute Gasteiger partial charge is 0.133 e. The fraction of sp³-hybridized carbons (Fsp3) is 0.333. The lowest BCUT2D eigenvalue weighted by atomic mass is 10.1. The second kappa shape index (κ2) is 7.10. The second-order valence-corrected chi connectivity index (χ2v) is 5.43. The van der Waals surface area contributed by atoms with Crippen molar-refractivity contribution in [1.82, 2.24) is 9.55 Å². The molecule has 2 aromatic rings. The van der Waals surface area contributed by atoms with E-state index in [4.69, 9.17) is 4.84 Å². The molecule has 0 N–H and O–H groups in total. The first kappa shape index (κ1) is 15.3. The minimum Gasteiger partial charge on any atom is -0.396 e. The van der Waals surface area contributed by atoms with E-state index in [1.165, 1.54) is 6.07 Å². The molecule has 0 unspecified atom stereocenters. The Kier molecular flexibility index (Phi) is 4.72. The van der Waals surface area contributed by atoms with Gasteiger partial charge in [0.2, 0.25) is 0 Å². The van der Waals surface area contributed by atoms with Crippen LogP contribution in [0.25, 0.3) is 0 Å². The summed E-state index contributed by atoms with van der Waals surface area (Å²) >= 11 is 0. The van der Waals surface area contributed by atoms with Gasteiger partial charge in [0.05, 0.1) is 12.9 Å². The molecule has 1 saturated carbocycles. The lowest BCUT2D eigenvalue weighted by Gasteiger charge is -2.09. The topological polar surface area (TPSA) is 39.4 Å². The molecule has 1 aliphatic carbocycles. The van der Waals surface area contributed by atoms with E-state index in [9.17, 15) is 4.39 Å². The first-order valence-corrected chi connectivity index (χ1v) is 7.72. The van der Waals surface area contributed by atoms with Crippen molar-refractivity contribution in [2.45, 2.75) is 26.3 Å². The Labute approximate surface area is 135 Å². The van der Waals surface area contributed by atoms with E-state index in [2.05, 4.69) is 22.0 Å². The molecule has 0 spiro atoms. The largest absolute Gasteiger partial charge is 0.396 e. The molecule has 118 valence electrons. The van der Waals surface area contributed by atoms with Crippen LogP contribution in [0.4, 0.5) is 4.39 Å². The Morgan fingerprint density at radius 3 is 3.00 bits per heavy atom. The van der Waals surface area contributed by atoms with Crippen molar-refractivity contribution in [3.05, 3.63) is 53.9 Å². The first-order chi connectivity index (χ1) is 11.3. The molecule has 0 saturated heterocycles. The number of nitrogens with zero attached hydrogens (tertiary/aromatic N) is 3. The molecule has 0 bridgehead atoms. The molecule has 3 rings (SSSR count). The van der Waals surface area contributed by atoms with Gasteiger partial charge in [-0.3, -0.25) is 0 Å². The van der Waals surface area contributed by atoms with Crippen LogP contribution < -0.4 is 0 Å². The molecule has 1 heterocycles. The summed E-state index contributed by atoms with van der Waals surface area (Å²) in [4.78, 5) is 9.12. The van der Waals surface area contributed by atoms with Crippen LogP contribution in [0, 0.1) is 23.6 Å². The zero-order valence-corrected chi connectivity index (χ0v) is 13.0. The van der Waals surface area contributed by atoms with Crippen molar-refractivity contribution >= 4 is 5.71 Å². The van der Waals surface area contributed by atoms with Crippen molar-refractivity contribution in [3.63, 3.8) is 0 Å². The number of hydrogen-bond acceptors (Lipinski definition) is 3. The number of rotatable bonds is 5. The molecule has 1 fully saturated rings. The monoisotopic (exact) mass is 311 g/mol. The molecule has 5 heteroatoms. The van der Waals surface area contributed by atoms with Gasteiger partial charge in [0.15, 0.2) is 0 Å². The standard InChI is InChI=1S/C18H18FN3O/c1-2-23-21-18(12-22-10-9-20-13-22)16-8-7-15(11-17(16)19)6-5-14-3-4-14/h7-11,13-14H,2-4,12H2,1H3. The van der Waals surface area contributed by atoms with Crippen LogP contribution in [0.5, 0.6) is 0 Å². The summed E-state index contributed by atoms with van der Waals surface area (Å²) < 4.78 is 16.3. The Morgan fingerprint density at radius 2 is 2.35 bits per heavy atom. The number of aromatic nitrogens is 2. The van der Waals surface area contributed by atoms with E-state index in [1.54, 1.807) is 24.8 Å². The highest BCUT2D eigenvalue weighted by atomic mass is 19.1. The van der Waals surface area contributed by atoms with Crippen molar-refractivity contribution in [2.75, 3.05) is 6.61 Å². The highest BCUT2D eigenvalue weighted by Crippen LogP contribution is 2.27. The molecule has 0 radical (unpaired) electrons. The van der Waals surface area contributed by atoms with E-state index in [0.29, 0.717) is 35.9 Å². The van der Waals surface area contributed by atoms with Gasteiger partial charge in [0.1, 0.15) is 18.1 Å². The normalized spacial score (nSPS) is 14.3. The van der Waals surface area contributed by atoms with Gasteiger partial charge < -0.3 is 9.40 Å². The summed E-state index contributed by atoms with van der Waals surface area (Å²) in [5, 5.41) is 4.05. The van der Waals surface area contributed by atoms with Crippen LogP contribution in [0.15, 0.2) is 42.1 Å². The van der Waals surface area contributed by atoms with E-state index in [0.717, 1.165) is 12.8 Å². The summed E-state index contributed by atoms with van der Waals surface area (Å²) in [6, 6.07) is 4.99. The predicted octanol–water partition coefficient (Wildman–Crippen LogP) is 3.22. The molecule has 0 amide bonds. The van der Waals surface area contributed by atoms with Crippen LogP contribution in [-0.4, -0.2) is 21.9 Å². The number of hydrogen-bond donors (Lipinski definition) is 0. The van der Waals surface area contributed by atoms with Crippen molar-refractivity contribution in [3.8, 4) is 11.8 Å². The third kappa shape index (κ3) is 4.19. The number of benzene rings is 1. The van der Waals surface area contributed by atoms with Gasteiger partial charge in [-0.05, 0) is 38.0 Å². The fourth-order valence-corrected chi connectivity index (χ4v) is 2.10. The maximum Gasteiger partial charge on any atom is 0.133 e. The predicted molar refractivity (Wildman–Crippen MR) is 86.4 cm³/mol. The van der Waals surface area contributed by atoms with E-state index in [1.807, 2.05) is 17.6 Å². The van der Waals surface area contributed by atoms with Crippen LogP contribution in [0.2, 0.25) is 0 Å². The Bertz CT molecular complexity index is 752. The van der Waals surface area contributed by atoms with Gasteiger partial charge in [-0.2, -0.15) is 0 Å². The molecule has 1 aromatic heterocycles. The quantitative estimate of drug-likeness (QED) is 0.483. The highest BCUT2D eigenvalue weighted by molar-refractivity contribution is 6.00. The molecule has 0 aliphatic heterocycles. The zero-order chi connectivity index (χ0) is 16.1. The maximum atomic E-state index is 14.5. The Hall–Kier alpha value is -2.61. The average Bonchev–Trinajstić information content (AvgIpc) is 3.25. The number of oxime groups is 1. The summed E-state index contributed by atoms with van der Waals surface area (Å²) in [7, 11) is 0. The number of halogens is 1. The molecule has 4 nitrogen and oxygen atoms in total. The fourth-order valence-electron chi connectivity index (χ4n) is 2.10. The summed E-state index contributed by atoms with van der Waals surface area (Å²) in [5.41, 5.74) is 1.63. The SMILES string of the molecule is CCON=C(Cn1ccnc1)c1ccc(C#CC2CC2)cc1F. The van der Waals surface area contributed by atoms with Gasteiger partial charge in [-0.1, -0.05) is 17.0 Å². The molecule has 1 aromatic carbocycles. The third-order valence-corrected chi connectivity index (χ3v) is 3.47. The van der Waals surface area contributed by atoms with Crippen LogP contribution in [0.1, 0.15) is 30.9 Å². The summed E-state index contributed by atoms with van der Waals surface area (Å²) in [6.07, 6.45) is 7.45. The lowest BCUT2D eigenvalue weighted by Crippen LogP contribution is -2.13. The van der Waals surface area contributed by atoms with Gasteiger partial charge in [0.25, 0.3) is 0 Å². The Morgan fingerprint density at radius 1 is 1.48 bits per heavy atom. The third-order valence-electron chi connectivity index (χ3n) is 3.47. The van der Waals surface area contributed by atoms with Crippen molar-refractivity contribution in [2.24, 2.45) is 11.1 Å². The second-order valence-electron chi connectivity index (χ2n) is 5.43. The maximum absolute atomic E-state index is 14.5. The summed E-state index contributed by atoms with van der Waals surface area (Å²) in [5.74, 6) is 6.31. The van der Waals surface area contributed by atoms with Crippen LogP contribution >= 0.6 is 0 Å². The van der Waals surface area contributed by atoms with Crippen molar-refractivity contribution < 1.29 is 9.23 Å². The van der Waals surface area contributed by atoms with Gasteiger partial charge >= 0.3 is 0 Å². The van der Waals surface area contributed by atoms with E-state index < -0.39 is 0 Å². The molecule has 1 aliphatic rings. The minimum atomic E-state index is -0.342. The minimum absolute atomic E-state index is 0.342. The summed E-state index contributed by atoms with van der Waals surface area (Å²) in [6.45, 7) is 2.66. The molecule has 0 atom stereocenters. The van der Waals surface area contributed by atoms with Crippen LogP contribution in [0.3, 0.4) is 0 Å². The van der Waals surface area contributed by atoms with Crippen molar-refractivity contribution in [1.29, 1.82) is 0 Å².